The van der Waals surface area contributed by atoms with Gasteiger partial charge in [0.15, 0.2) is 0 Å². The van der Waals surface area contributed by atoms with E-state index in [1.807, 2.05) is 30.3 Å². The van der Waals surface area contributed by atoms with E-state index in [-0.39, 0.29) is 17.9 Å². The van der Waals surface area contributed by atoms with Gasteiger partial charge in [0.25, 0.3) is 0 Å². The number of carbonyl (C=O) groups is 2. The van der Waals surface area contributed by atoms with Gasteiger partial charge in [0.1, 0.15) is 6.10 Å². The normalized spacial score (nSPS) is 13.2. The summed E-state index contributed by atoms with van der Waals surface area (Å²) >= 11 is 0. The van der Waals surface area contributed by atoms with Crippen LogP contribution in [-0.2, 0) is 14.3 Å². The minimum atomic E-state index is -0.513. The molecule has 1 rings (SSSR count). The highest BCUT2D eigenvalue weighted by Gasteiger charge is 2.25. The quantitative estimate of drug-likeness (QED) is 0.632. The van der Waals surface area contributed by atoms with Crippen molar-refractivity contribution in [2.45, 2.75) is 32.4 Å². The minimum Gasteiger partial charge on any atom is -0.455 e. The Morgan fingerprint density at radius 3 is 2.42 bits per heavy atom. The Balaban J connectivity index is 3.01. The van der Waals surface area contributed by atoms with Gasteiger partial charge in [0.05, 0.1) is 6.04 Å². The summed E-state index contributed by atoms with van der Waals surface area (Å²) in [5.41, 5.74) is 0.846. The second-order valence-electron chi connectivity index (χ2n) is 4.27. The van der Waals surface area contributed by atoms with Gasteiger partial charge in [-0.2, -0.15) is 0 Å². The Hall–Kier alpha value is -2.10. The third kappa shape index (κ3) is 4.95. The molecule has 0 fully saturated rings. The highest BCUT2D eigenvalue weighted by molar-refractivity contribution is 5.73. The van der Waals surface area contributed by atoms with Crippen molar-refractivity contribution in [3.63, 3.8) is 0 Å². The standard InChI is InChI=1S/C15H19NO3/c1-4-8-14(16-11(2)17)15(19-12(3)18)13-9-6-5-7-10-13/h4-7,9-10,14-15H,1,8H2,2-3H3,(H,16,17)/t14-,15+/m0/s1. The predicted octanol–water partition coefficient (Wildman–Crippen LogP) is 2.37. The fraction of sp³-hybridized carbons (Fsp3) is 0.333. The SMILES string of the molecule is C=CC[C@H](NC(C)=O)[C@H](OC(C)=O)c1ccccc1. The first kappa shape index (κ1) is 15.0. The van der Waals surface area contributed by atoms with Gasteiger partial charge in [0, 0.05) is 13.8 Å². The highest BCUT2D eigenvalue weighted by Crippen LogP contribution is 2.23. The van der Waals surface area contributed by atoms with Crippen molar-refractivity contribution in [3.8, 4) is 0 Å². The van der Waals surface area contributed by atoms with Crippen molar-refractivity contribution < 1.29 is 14.3 Å². The zero-order valence-electron chi connectivity index (χ0n) is 11.3. The van der Waals surface area contributed by atoms with Crippen molar-refractivity contribution in [1.29, 1.82) is 0 Å². The molecule has 0 aliphatic heterocycles. The molecule has 1 N–H and O–H groups in total. The molecule has 1 aromatic carbocycles. The summed E-state index contributed by atoms with van der Waals surface area (Å²) in [7, 11) is 0. The summed E-state index contributed by atoms with van der Waals surface area (Å²) < 4.78 is 5.35. The molecule has 0 heterocycles. The lowest BCUT2D eigenvalue weighted by atomic mass is 9.99. The molecule has 1 aromatic rings. The first-order valence-corrected chi connectivity index (χ1v) is 6.14. The molecule has 102 valence electrons. The number of amides is 1. The maximum atomic E-state index is 11.3. The van der Waals surface area contributed by atoms with E-state index in [4.69, 9.17) is 4.74 Å². The first-order valence-electron chi connectivity index (χ1n) is 6.14. The number of ether oxygens (including phenoxy) is 1. The summed E-state index contributed by atoms with van der Waals surface area (Å²) in [6, 6.07) is 9.03. The zero-order chi connectivity index (χ0) is 14.3. The monoisotopic (exact) mass is 261 g/mol. The Morgan fingerprint density at radius 1 is 1.32 bits per heavy atom. The molecule has 0 aliphatic rings. The second-order valence-corrected chi connectivity index (χ2v) is 4.27. The maximum absolute atomic E-state index is 11.3. The number of benzene rings is 1. The third-order valence-electron chi connectivity index (χ3n) is 2.60. The highest BCUT2D eigenvalue weighted by atomic mass is 16.5. The van der Waals surface area contributed by atoms with Crippen LogP contribution in [-0.4, -0.2) is 17.9 Å². The van der Waals surface area contributed by atoms with E-state index < -0.39 is 6.10 Å². The lowest BCUT2D eigenvalue weighted by Gasteiger charge is -2.26. The molecule has 0 saturated carbocycles. The Labute approximate surface area is 113 Å². The molecule has 19 heavy (non-hydrogen) atoms. The third-order valence-corrected chi connectivity index (χ3v) is 2.60. The van der Waals surface area contributed by atoms with Crippen molar-refractivity contribution in [2.75, 3.05) is 0 Å². The molecule has 2 atom stereocenters. The van der Waals surface area contributed by atoms with Crippen LogP contribution in [0.4, 0.5) is 0 Å². The Kier molecular flexibility index (Phi) is 5.79. The van der Waals surface area contributed by atoms with Crippen LogP contribution >= 0.6 is 0 Å². The van der Waals surface area contributed by atoms with E-state index in [9.17, 15) is 9.59 Å². The Morgan fingerprint density at radius 2 is 1.95 bits per heavy atom. The largest absolute Gasteiger partial charge is 0.455 e. The van der Waals surface area contributed by atoms with Gasteiger partial charge in [-0.15, -0.1) is 6.58 Å². The molecule has 0 aromatic heterocycles. The van der Waals surface area contributed by atoms with E-state index >= 15 is 0 Å². The second kappa shape index (κ2) is 7.36. The summed E-state index contributed by atoms with van der Waals surface area (Å²) in [6.45, 7) is 6.46. The summed E-state index contributed by atoms with van der Waals surface area (Å²) in [4.78, 5) is 22.5. The van der Waals surface area contributed by atoms with Crippen LogP contribution < -0.4 is 5.32 Å². The van der Waals surface area contributed by atoms with Gasteiger partial charge < -0.3 is 10.1 Å². The molecular weight excluding hydrogens is 242 g/mol. The average Bonchev–Trinajstić information content (AvgIpc) is 2.36. The number of esters is 1. The molecule has 1 amide bonds. The van der Waals surface area contributed by atoms with E-state index in [2.05, 4.69) is 11.9 Å². The van der Waals surface area contributed by atoms with E-state index in [0.717, 1.165) is 5.56 Å². The lowest BCUT2D eigenvalue weighted by Crippen LogP contribution is -2.39. The van der Waals surface area contributed by atoms with Crippen LogP contribution in [0.3, 0.4) is 0 Å². The van der Waals surface area contributed by atoms with Crippen LogP contribution in [0.25, 0.3) is 0 Å². The molecule has 0 unspecified atom stereocenters. The fourth-order valence-electron chi connectivity index (χ4n) is 1.90. The smallest absolute Gasteiger partial charge is 0.303 e. The molecule has 0 spiro atoms. The lowest BCUT2D eigenvalue weighted by molar-refractivity contribution is -0.149. The van der Waals surface area contributed by atoms with Crippen molar-refractivity contribution >= 4 is 11.9 Å². The van der Waals surface area contributed by atoms with Crippen LogP contribution in [0.5, 0.6) is 0 Å². The van der Waals surface area contributed by atoms with Crippen LogP contribution in [0.15, 0.2) is 43.0 Å². The van der Waals surface area contributed by atoms with Crippen LogP contribution in [0.1, 0.15) is 31.9 Å². The number of nitrogens with one attached hydrogen (secondary N) is 1. The van der Waals surface area contributed by atoms with E-state index in [1.54, 1.807) is 6.08 Å². The number of carbonyl (C=O) groups excluding carboxylic acids is 2. The Bertz CT molecular complexity index is 442. The van der Waals surface area contributed by atoms with Gasteiger partial charge in [-0.1, -0.05) is 36.4 Å². The number of hydrogen-bond acceptors (Lipinski definition) is 3. The zero-order valence-corrected chi connectivity index (χ0v) is 11.3. The van der Waals surface area contributed by atoms with Crippen LogP contribution in [0.2, 0.25) is 0 Å². The maximum Gasteiger partial charge on any atom is 0.303 e. The van der Waals surface area contributed by atoms with Crippen molar-refractivity contribution in [3.05, 3.63) is 48.6 Å². The molecule has 0 bridgehead atoms. The van der Waals surface area contributed by atoms with Gasteiger partial charge in [-0.05, 0) is 12.0 Å². The fourth-order valence-corrected chi connectivity index (χ4v) is 1.90. The van der Waals surface area contributed by atoms with Gasteiger partial charge in [-0.25, -0.2) is 0 Å². The minimum absolute atomic E-state index is 0.167. The summed E-state index contributed by atoms with van der Waals surface area (Å²) in [6.07, 6.45) is 1.70. The molecule has 0 aliphatic carbocycles. The average molecular weight is 261 g/mol. The number of rotatable bonds is 6. The van der Waals surface area contributed by atoms with Crippen LogP contribution in [0, 0.1) is 0 Å². The molecule has 0 saturated heterocycles. The summed E-state index contributed by atoms with van der Waals surface area (Å²) in [5, 5.41) is 2.80. The molecular formula is C15H19NO3. The predicted molar refractivity (Wildman–Crippen MR) is 73.4 cm³/mol. The summed E-state index contributed by atoms with van der Waals surface area (Å²) in [5.74, 6) is -0.548. The molecule has 4 heteroatoms. The first-order chi connectivity index (χ1) is 9.04. The molecule has 4 nitrogen and oxygen atoms in total. The van der Waals surface area contributed by atoms with E-state index in [0.29, 0.717) is 6.42 Å². The van der Waals surface area contributed by atoms with Crippen molar-refractivity contribution in [2.24, 2.45) is 0 Å². The van der Waals surface area contributed by atoms with Gasteiger partial charge in [-0.3, -0.25) is 9.59 Å². The van der Waals surface area contributed by atoms with Gasteiger partial charge in [0.2, 0.25) is 5.91 Å². The molecule has 0 radical (unpaired) electrons. The van der Waals surface area contributed by atoms with E-state index in [1.165, 1.54) is 13.8 Å². The topological polar surface area (TPSA) is 55.4 Å². The number of hydrogen-bond donors (Lipinski definition) is 1. The van der Waals surface area contributed by atoms with Gasteiger partial charge >= 0.3 is 5.97 Å². The van der Waals surface area contributed by atoms with Crippen molar-refractivity contribution in [1.82, 2.24) is 5.32 Å².